The fourth-order valence-electron chi connectivity index (χ4n) is 3.62. The highest BCUT2D eigenvalue weighted by atomic mass is 35.5. The molecule has 1 amide bonds. The van der Waals surface area contributed by atoms with Crippen molar-refractivity contribution < 1.29 is 13.9 Å². The van der Waals surface area contributed by atoms with Crippen LogP contribution in [0.2, 0.25) is 15.1 Å². The lowest BCUT2D eigenvalue weighted by Crippen LogP contribution is -2.28. The molecular weight excluding hydrogens is 551 g/mol. The predicted molar refractivity (Wildman–Crippen MR) is 151 cm³/mol. The standard InChI is InChI=1S/C28H19Cl3N2O3S/c29-22-11-5-4-7-19(22)17-36-26-23(30)13-18(14-24(26)31)15-25-27(34)33(16-21-10-6-12-35-21)28(37-25)32-20-8-2-1-3-9-20/h1-15H,16-17H2/b25-15+,32-28?. The van der Waals surface area contributed by atoms with Crippen molar-refractivity contribution in [2.24, 2.45) is 4.99 Å². The fourth-order valence-corrected chi connectivity index (χ4v) is 5.42. The Bertz CT molecular complexity index is 1460. The first-order valence-corrected chi connectivity index (χ1v) is 13.2. The van der Waals surface area contributed by atoms with Gasteiger partial charge in [-0.1, -0.05) is 71.2 Å². The SMILES string of the molecule is O=C1/C(=C\c2cc(Cl)c(OCc3ccccc3Cl)c(Cl)c2)SC(=Nc2ccccc2)N1Cc1ccco1. The van der Waals surface area contributed by atoms with Crippen molar-refractivity contribution in [3.63, 3.8) is 0 Å². The number of benzene rings is 3. The van der Waals surface area contributed by atoms with Crippen molar-refractivity contribution >= 4 is 69.4 Å². The molecule has 186 valence electrons. The van der Waals surface area contributed by atoms with E-state index < -0.39 is 0 Å². The molecule has 1 fully saturated rings. The fraction of sp³-hybridized carbons (Fsp3) is 0.0714. The van der Waals surface area contributed by atoms with Crippen LogP contribution in [0.5, 0.6) is 5.75 Å². The Labute approximate surface area is 233 Å². The van der Waals surface area contributed by atoms with Crippen LogP contribution < -0.4 is 4.74 Å². The number of furan rings is 1. The molecule has 1 aliphatic heterocycles. The van der Waals surface area contributed by atoms with Gasteiger partial charge >= 0.3 is 0 Å². The highest BCUT2D eigenvalue weighted by Crippen LogP contribution is 2.39. The molecule has 3 aromatic carbocycles. The van der Waals surface area contributed by atoms with E-state index in [0.717, 1.165) is 11.3 Å². The smallest absolute Gasteiger partial charge is 0.267 e. The summed E-state index contributed by atoms with van der Waals surface area (Å²) >= 11 is 20.5. The topological polar surface area (TPSA) is 55.0 Å². The second kappa shape index (κ2) is 11.5. The van der Waals surface area contributed by atoms with Gasteiger partial charge in [0.05, 0.1) is 33.4 Å². The van der Waals surface area contributed by atoms with Gasteiger partial charge in [-0.15, -0.1) is 0 Å². The first-order valence-electron chi connectivity index (χ1n) is 11.2. The minimum Gasteiger partial charge on any atom is -0.486 e. The molecule has 0 saturated carbocycles. The summed E-state index contributed by atoms with van der Waals surface area (Å²) < 4.78 is 11.3. The highest BCUT2D eigenvalue weighted by Gasteiger charge is 2.34. The number of thioether (sulfide) groups is 1. The van der Waals surface area contributed by atoms with E-state index in [4.69, 9.17) is 48.9 Å². The van der Waals surface area contributed by atoms with Gasteiger partial charge in [0.15, 0.2) is 10.9 Å². The van der Waals surface area contributed by atoms with E-state index in [9.17, 15) is 4.79 Å². The number of hydrogen-bond acceptors (Lipinski definition) is 5. The van der Waals surface area contributed by atoms with Crippen molar-refractivity contribution in [2.45, 2.75) is 13.2 Å². The van der Waals surface area contributed by atoms with Gasteiger partial charge < -0.3 is 9.15 Å². The zero-order valence-corrected chi connectivity index (χ0v) is 22.3. The van der Waals surface area contributed by atoms with Crippen LogP contribution in [-0.4, -0.2) is 16.0 Å². The van der Waals surface area contributed by atoms with Crippen LogP contribution in [-0.2, 0) is 17.9 Å². The normalized spacial score (nSPS) is 15.6. The zero-order chi connectivity index (χ0) is 25.8. The summed E-state index contributed by atoms with van der Waals surface area (Å²) in [7, 11) is 0. The average Bonchev–Trinajstić information content (AvgIpc) is 3.50. The van der Waals surface area contributed by atoms with E-state index in [1.807, 2.05) is 54.6 Å². The molecule has 0 spiro atoms. The molecule has 1 saturated heterocycles. The van der Waals surface area contributed by atoms with Crippen molar-refractivity contribution in [1.29, 1.82) is 0 Å². The third kappa shape index (κ3) is 6.05. The zero-order valence-electron chi connectivity index (χ0n) is 19.2. The third-order valence-electron chi connectivity index (χ3n) is 5.41. The lowest BCUT2D eigenvalue weighted by Gasteiger charge is -2.13. The Morgan fingerprint density at radius 2 is 1.65 bits per heavy atom. The number of rotatable bonds is 7. The van der Waals surface area contributed by atoms with Crippen molar-refractivity contribution in [3.05, 3.63) is 122 Å². The molecule has 0 unspecified atom stereocenters. The molecule has 1 aromatic heterocycles. The number of amidine groups is 1. The van der Waals surface area contributed by atoms with Crippen LogP contribution in [0.1, 0.15) is 16.9 Å². The summed E-state index contributed by atoms with van der Waals surface area (Å²) in [5.74, 6) is 0.811. The molecule has 9 heteroatoms. The summed E-state index contributed by atoms with van der Waals surface area (Å²) in [6.07, 6.45) is 3.32. The highest BCUT2D eigenvalue weighted by molar-refractivity contribution is 8.18. The minimum absolute atomic E-state index is 0.192. The number of para-hydroxylation sites is 1. The number of amides is 1. The van der Waals surface area contributed by atoms with Crippen molar-refractivity contribution in [1.82, 2.24) is 4.90 Å². The second-order valence-corrected chi connectivity index (χ2v) is 10.2. The number of hydrogen-bond donors (Lipinski definition) is 0. The maximum Gasteiger partial charge on any atom is 0.267 e. The molecule has 0 aliphatic carbocycles. The summed E-state index contributed by atoms with van der Waals surface area (Å²) in [4.78, 5) is 20.1. The Balaban J connectivity index is 1.41. The van der Waals surface area contributed by atoms with Gasteiger partial charge in [-0.05, 0) is 65.9 Å². The molecule has 2 heterocycles. The van der Waals surface area contributed by atoms with E-state index >= 15 is 0 Å². The number of carbonyl (C=O) groups is 1. The molecule has 0 bridgehead atoms. The van der Waals surface area contributed by atoms with Gasteiger partial charge in [-0.3, -0.25) is 9.69 Å². The second-order valence-electron chi connectivity index (χ2n) is 8.00. The molecule has 1 aliphatic rings. The molecule has 5 nitrogen and oxygen atoms in total. The van der Waals surface area contributed by atoms with Gasteiger partial charge in [0.1, 0.15) is 12.4 Å². The average molecular weight is 570 g/mol. The summed E-state index contributed by atoms with van der Waals surface area (Å²) in [6, 6.07) is 23.9. The van der Waals surface area contributed by atoms with Crippen LogP contribution >= 0.6 is 46.6 Å². The lowest BCUT2D eigenvalue weighted by molar-refractivity contribution is -0.122. The Kier molecular flexibility index (Phi) is 7.91. The quantitative estimate of drug-likeness (QED) is 0.209. The van der Waals surface area contributed by atoms with Crippen molar-refractivity contribution in [2.75, 3.05) is 0 Å². The monoisotopic (exact) mass is 568 g/mol. The number of halogens is 3. The maximum absolute atomic E-state index is 13.4. The maximum atomic E-state index is 13.4. The molecule has 0 radical (unpaired) electrons. The van der Waals surface area contributed by atoms with E-state index in [-0.39, 0.29) is 19.1 Å². The molecule has 5 rings (SSSR count). The van der Waals surface area contributed by atoms with E-state index in [1.54, 1.807) is 41.5 Å². The minimum atomic E-state index is -0.192. The number of nitrogens with zero attached hydrogens (tertiary/aromatic N) is 2. The number of ether oxygens (including phenoxy) is 1. The van der Waals surface area contributed by atoms with Gasteiger partial charge in [0, 0.05) is 10.6 Å². The van der Waals surface area contributed by atoms with Gasteiger partial charge in [-0.25, -0.2) is 4.99 Å². The summed E-state index contributed by atoms with van der Waals surface area (Å²) in [6.45, 7) is 0.479. The summed E-state index contributed by atoms with van der Waals surface area (Å²) in [5, 5.41) is 1.80. The third-order valence-corrected chi connectivity index (χ3v) is 7.35. The number of carbonyl (C=O) groups excluding carboxylic acids is 1. The molecule has 0 atom stereocenters. The predicted octanol–water partition coefficient (Wildman–Crippen LogP) is 8.62. The molecule has 0 N–H and O–H groups in total. The van der Waals surface area contributed by atoms with Crippen molar-refractivity contribution in [3.8, 4) is 5.75 Å². The van der Waals surface area contributed by atoms with E-state index in [0.29, 0.717) is 42.2 Å². The first-order chi connectivity index (χ1) is 18.0. The molecule has 4 aromatic rings. The van der Waals surface area contributed by atoms with Crippen LogP contribution in [0, 0.1) is 0 Å². The summed E-state index contributed by atoms with van der Waals surface area (Å²) in [5.41, 5.74) is 2.22. The largest absolute Gasteiger partial charge is 0.486 e. The van der Waals surface area contributed by atoms with Crippen LogP contribution in [0.4, 0.5) is 5.69 Å². The van der Waals surface area contributed by atoms with E-state index in [1.165, 1.54) is 11.8 Å². The van der Waals surface area contributed by atoms with Gasteiger partial charge in [0.2, 0.25) is 0 Å². The van der Waals surface area contributed by atoms with Crippen LogP contribution in [0.15, 0.2) is 99.4 Å². The Hall–Kier alpha value is -3.16. The lowest BCUT2D eigenvalue weighted by atomic mass is 10.2. The van der Waals surface area contributed by atoms with Crippen LogP contribution in [0.25, 0.3) is 6.08 Å². The van der Waals surface area contributed by atoms with Crippen LogP contribution in [0.3, 0.4) is 0 Å². The molecule has 37 heavy (non-hydrogen) atoms. The Morgan fingerprint density at radius 3 is 2.35 bits per heavy atom. The number of aliphatic imine (C=N–C) groups is 1. The Morgan fingerprint density at radius 1 is 0.919 bits per heavy atom. The molecular formula is C28H19Cl3N2O3S. The van der Waals surface area contributed by atoms with Gasteiger partial charge in [-0.2, -0.15) is 0 Å². The first kappa shape index (κ1) is 25.5. The van der Waals surface area contributed by atoms with E-state index in [2.05, 4.69) is 0 Å². The van der Waals surface area contributed by atoms with Gasteiger partial charge in [0.25, 0.3) is 5.91 Å².